The molecule has 2 aromatic rings. The van der Waals surface area contributed by atoms with Crippen molar-refractivity contribution in [1.29, 1.82) is 0 Å². The minimum Gasteiger partial charge on any atom is -0.368 e. The van der Waals surface area contributed by atoms with Crippen LogP contribution in [0.2, 0.25) is 0 Å². The van der Waals surface area contributed by atoms with Crippen LogP contribution >= 0.6 is 42.5 Å². The quantitative estimate of drug-likeness (QED) is 0.257. The van der Waals surface area contributed by atoms with E-state index in [0.29, 0.717) is 31.6 Å². The SMILES string of the molecule is CN(Cc1ccccc1C1CC(C(F)F)CCN1SI)c1cc[nH]c1C(=O)NC=S. The number of piperidine rings is 1. The number of nitrogens with one attached hydrogen (secondary N) is 2. The van der Waals surface area contributed by atoms with Gasteiger partial charge in [0.05, 0.1) is 11.2 Å². The van der Waals surface area contributed by atoms with Crippen molar-refractivity contribution in [3.63, 3.8) is 0 Å². The number of halogens is 3. The fourth-order valence-electron chi connectivity index (χ4n) is 3.90. The molecule has 2 atom stereocenters. The highest BCUT2D eigenvalue weighted by atomic mass is 127. The molecule has 10 heteroatoms. The Morgan fingerprint density at radius 2 is 2.23 bits per heavy atom. The van der Waals surface area contributed by atoms with Gasteiger partial charge in [0.25, 0.3) is 5.91 Å². The number of rotatable bonds is 8. The van der Waals surface area contributed by atoms with Crippen LogP contribution < -0.4 is 10.2 Å². The molecule has 0 bridgehead atoms. The third-order valence-electron chi connectivity index (χ3n) is 5.41. The third kappa shape index (κ3) is 5.32. The summed E-state index contributed by atoms with van der Waals surface area (Å²) in [6.07, 6.45) is 0.346. The zero-order valence-corrected chi connectivity index (χ0v) is 20.1. The van der Waals surface area contributed by atoms with Crippen molar-refractivity contribution < 1.29 is 13.6 Å². The maximum Gasteiger partial charge on any atom is 0.274 e. The Hall–Kier alpha value is -1.24. The topological polar surface area (TPSA) is 51.4 Å². The van der Waals surface area contributed by atoms with Crippen LogP contribution in [0.5, 0.6) is 0 Å². The number of hydrogen-bond acceptors (Lipinski definition) is 5. The summed E-state index contributed by atoms with van der Waals surface area (Å²) in [7, 11) is 3.48. The third-order valence-corrected chi connectivity index (χ3v) is 7.66. The lowest BCUT2D eigenvalue weighted by atomic mass is 9.87. The molecule has 1 aliphatic rings. The average molecular weight is 564 g/mol. The number of carbonyl (C=O) groups excluding carboxylic acids is 1. The number of nitrogens with zero attached hydrogens (tertiary/aromatic N) is 2. The van der Waals surface area contributed by atoms with Gasteiger partial charge in [-0.25, -0.2) is 13.1 Å². The monoisotopic (exact) mass is 564 g/mol. The molecule has 0 aliphatic carbocycles. The van der Waals surface area contributed by atoms with Crippen molar-refractivity contribution in [3.05, 3.63) is 53.3 Å². The number of thiocarbonyl (C=S) groups is 1. The zero-order chi connectivity index (χ0) is 21.7. The van der Waals surface area contributed by atoms with Crippen LogP contribution in [-0.4, -0.2) is 40.7 Å². The number of H-pyrrole nitrogens is 1. The van der Waals surface area contributed by atoms with Gasteiger partial charge >= 0.3 is 0 Å². The molecule has 162 valence electrons. The highest BCUT2D eigenvalue weighted by Gasteiger charge is 2.35. The fourth-order valence-corrected chi connectivity index (χ4v) is 5.89. The molecule has 2 unspecified atom stereocenters. The van der Waals surface area contributed by atoms with Crippen LogP contribution in [0.15, 0.2) is 36.5 Å². The molecule has 2 heterocycles. The van der Waals surface area contributed by atoms with E-state index < -0.39 is 12.3 Å². The van der Waals surface area contributed by atoms with Crippen LogP contribution in [0.4, 0.5) is 14.5 Å². The first-order valence-electron chi connectivity index (χ1n) is 9.50. The van der Waals surface area contributed by atoms with Crippen LogP contribution in [-0.2, 0) is 6.54 Å². The second kappa shape index (κ2) is 10.9. The number of alkyl halides is 2. The fraction of sp³-hybridized carbons (Fsp3) is 0.400. The van der Waals surface area contributed by atoms with Gasteiger partial charge in [0.15, 0.2) is 0 Å². The number of aromatic amines is 1. The first-order chi connectivity index (χ1) is 14.5. The summed E-state index contributed by atoms with van der Waals surface area (Å²) in [4.78, 5) is 17.2. The zero-order valence-electron chi connectivity index (χ0n) is 16.4. The summed E-state index contributed by atoms with van der Waals surface area (Å²) < 4.78 is 29.1. The standard InChI is InChI=1S/C20H23F2IN4OS2/c1-26(16-6-8-24-18(16)20(28)25-12-29)11-14-4-2-3-5-15(14)17-10-13(19(21)22)7-9-27(17)30-23/h2-6,8,12-13,17,19,24H,7,9-11H2,1H3,(H,25,28,29). The number of benzene rings is 1. The van der Waals surface area contributed by atoms with Crippen LogP contribution in [0.1, 0.15) is 40.5 Å². The second-order valence-electron chi connectivity index (χ2n) is 7.23. The number of hydrogen-bond donors (Lipinski definition) is 2. The highest BCUT2D eigenvalue weighted by molar-refractivity contribution is 14.2. The van der Waals surface area contributed by atoms with Gasteiger partial charge in [-0.1, -0.05) is 36.5 Å². The first-order valence-corrected chi connectivity index (χ1v) is 13.3. The summed E-state index contributed by atoms with van der Waals surface area (Å²) in [5, 5.41) is 2.51. The molecule has 0 spiro atoms. The Balaban J connectivity index is 1.86. The van der Waals surface area contributed by atoms with Crippen molar-refractivity contribution in [3.8, 4) is 0 Å². The predicted octanol–water partition coefficient (Wildman–Crippen LogP) is 5.35. The minimum absolute atomic E-state index is 0.0759. The van der Waals surface area contributed by atoms with Crippen molar-refractivity contribution in [1.82, 2.24) is 14.6 Å². The Morgan fingerprint density at radius 3 is 2.93 bits per heavy atom. The number of anilines is 1. The molecule has 3 rings (SSSR count). The summed E-state index contributed by atoms with van der Waals surface area (Å²) in [6, 6.07) is 9.72. The van der Waals surface area contributed by atoms with Crippen LogP contribution in [0, 0.1) is 5.92 Å². The molecular weight excluding hydrogens is 541 g/mol. The van der Waals surface area contributed by atoms with E-state index in [-0.39, 0.29) is 11.9 Å². The normalized spacial score (nSPS) is 19.6. The van der Waals surface area contributed by atoms with Gasteiger partial charge in [-0.3, -0.25) is 4.79 Å². The van der Waals surface area contributed by atoms with Crippen molar-refractivity contribution in [2.75, 3.05) is 18.5 Å². The molecule has 0 saturated carbocycles. The number of carbonyl (C=O) groups is 1. The van der Waals surface area contributed by atoms with Gasteiger partial charge < -0.3 is 15.2 Å². The summed E-state index contributed by atoms with van der Waals surface area (Å²) >= 11 is 6.93. The highest BCUT2D eigenvalue weighted by Crippen LogP contribution is 2.43. The second-order valence-corrected chi connectivity index (χ2v) is 9.25. The summed E-state index contributed by atoms with van der Waals surface area (Å²) in [6.45, 7) is 1.18. The lowest BCUT2D eigenvalue weighted by molar-refractivity contribution is 0.0349. The Morgan fingerprint density at radius 1 is 1.47 bits per heavy atom. The molecular formula is C20H23F2IN4OS2. The Bertz CT molecular complexity index is 882. The molecule has 1 fully saturated rings. The molecule has 1 aromatic carbocycles. The molecule has 5 nitrogen and oxygen atoms in total. The van der Waals surface area contributed by atoms with E-state index in [4.69, 9.17) is 12.2 Å². The smallest absolute Gasteiger partial charge is 0.274 e. The Kier molecular flexibility index (Phi) is 8.49. The van der Waals surface area contributed by atoms with Gasteiger partial charge in [-0.2, -0.15) is 0 Å². The van der Waals surface area contributed by atoms with Crippen LogP contribution in [0.3, 0.4) is 0 Å². The number of amides is 1. The van der Waals surface area contributed by atoms with Gasteiger partial charge in [0.1, 0.15) is 5.69 Å². The average Bonchev–Trinajstić information content (AvgIpc) is 3.24. The number of aromatic nitrogens is 1. The van der Waals surface area contributed by atoms with Gasteiger partial charge in [0, 0.05) is 59.5 Å². The Labute approximate surface area is 196 Å². The van der Waals surface area contributed by atoms with E-state index in [1.54, 1.807) is 15.3 Å². The van der Waals surface area contributed by atoms with E-state index in [9.17, 15) is 13.6 Å². The molecule has 0 radical (unpaired) electrons. The van der Waals surface area contributed by atoms with Crippen molar-refractivity contribution >= 4 is 59.6 Å². The van der Waals surface area contributed by atoms with Crippen LogP contribution in [0.25, 0.3) is 0 Å². The molecule has 1 aliphatic heterocycles. The van der Waals surface area contributed by atoms with E-state index >= 15 is 0 Å². The van der Waals surface area contributed by atoms with E-state index in [2.05, 4.69) is 35.8 Å². The molecule has 1 saturated heterocycles. The molecule has 30 heavy (non-hydrogen) atoms. The van der Waals surface area contributed by atoms with E-state index in [1.165, 1.54) is 5.49 Å². The summed E-state index contributed by atoms with van der Waals surface area (Å²) in [5.74, 6) is -0.889. The minimum atomic E-state index is -2.30. The van der Waals surface area contributed by atoms with E-state index in [1.807, 2.05) is 42.3 Å². The maximum atomic E-state index is 13.4. The molecule has 1 amide bonds. The van der Waals surface area contributed by atoms with Gasteiger partial charge in [0.2, 0.25) is 6.43 Å². The lowest BCUT2D eigenvalue weighted by Gasteiger charge is -2.38. The predicted molar refractivity (Wildman–Crippen MR) is 130 cm³/mol. The van der Waals surface area contributed by atoms with Crippen molar-refractivity contribution in [2.45, 2.75) is 31.9 Å². The molecule has 1 aromatic heterocycles. The first kappa shape index (κ1) is 23.4. The van der Waals surface area contributed by atoms with Gasteiger partial charge in [-0.15, -0.1) is 0 Å². The van der Waals surface area contributed by atoms with Crippen molar-refractivity contribution in [2.24, 2.45) is 5.92 Å². The van der Waals surface area contributed by atoms with Gasteiger partial charge in [-0.05, 0) is 39.2 Å². The van der Waals surface area contributed by atoms with E-state index in [0.717, 1.165) is 16.8 Å². The lowest BCUT2D eigenvalue weighted by Crippen LogP contribution is -2.35. The maximum absolute atomic E-state index is 13.4. The molecule has 2 N–H and O–H groups in total. The largest absolute Gasteiger partial charge is 0.368 e. The summed E-state index contributed by atoms with van der Waals surface area (Å²) in [5.41, 5.74) is 4.46.